The highest BCUT2D eigenvalue weighted by molar-refractivity contribution is 7.86. The molecule has 100 valence electrons. The SMILES string of the molecule is CC(C)(C)OC(=O)Nc1ncc(S(=O)(=O)F)cn1. The molecule has 0 radical (unpaired) electrons. The van der Waals surface area contributed by atoms with Crippen LogP contribution in [0.2, 0.25) is 0 Å². The number of nitrogens with one attached hydrogen (secondary N) is 1. The molecule has 0 bridgehead atoms. The number of carbonyl (C=O) groups is 1. The van der Waals surface area contributed by atoms with E-state index in [1.807, 2.05) is 0 Å². The molecule has 7 nitrogen and oxygen atoms in total. The molecule has 1 rings (SSSR count). The van der Waals surface area contributed by atoms with Gasteiger partial charge >= 0.3 is 16.3 Å². The van der Waals surface area contributed by atoms with Gasteiger partial charge in [-0.25, -0.2) is 14.8 Å². The Labute approximate surface area is 104 Å². The number of nitrogens with zero attached hydrogens (tertiary/aromatic N) is 2. The maximum atomic E-state index is 12.5. The molecule has 0 unspecified atom stereocenters. The Balaban J connectivity index is 2.73. The lowest BCUT2D eigenvalue weighted by molar-refractivity contribution is 0.0634. The lowest BCUT2D eigenvalue weighted by atomic mass is 10.2. The molecule has 0 aliphatic heterocycles. The van der Waals surface area contributed by atoms with Crippen molar-refractivity contribution in [1.82, 2.24) is 9.97 Å². The third kappa shape index (κ3) is 4.62. The number of rotatable bonds is 2. The molecular weight excluding hydrogens is 265 g/mol. The van der Waals surface area contributed by atoms with E-state index in [9.17, 15) is 17.1 Å². The van der Waals surface area contributed by atoms with Crippen molar-refractivity contribution in [2.75, 3.05) is 5.32 Å². The topological polar surface area (TPSA) is 98.2 Å². The number of hydrogen-bond acceptors (Lipinski definition) is 6. The molecule has 0 fully saturated rings. The first-order chi connectivity index (χ1) is 8.08. The number of amides is 1. The Hall–Kier alpha value is -1.77. The molecule has 0 saturated carbocycles. The number of carbonyl (C=O) groups excluding carboxylic acids is 1. The number of anilines is 1. The molecule has 1 N–H and O–H groups in total. The molecule has 1 amide bonds. The monoisotopic (exact) mass is 277 g/mol. The summed E-state index contributed by atoms with van der Waals surface area (Å²) in [6, 6.07) is 0. The molecular formula is C9H12FN3O4S. The highest BCUT2D eigenvalue weighted by Crippen LogP contribution is 2.11. The normalized spacial score (nSPS) is 12.0. The molecule has 0 atom stereocenters. The molecule has 0 spiro atoms. The molecule has 18 heavy (non-hydrogen) atoms. The minimum Gasteiger partial charge on any atom is -0.444 e. The van der Waals surface area contributed by atoms with Crippen molar-refractivity contribution in [3.63, 3.8) is 0 Å². The highest BCUT2D eigenvalue weighted by atomic mass is 32.3. The summed E-state index contributed by atoms with van der Waals surface area (Å²) >= 11 is 0. The summed E-state index contributed by atoms with van der Waals surface area (Å²) in [5, 5.41) is 2.18. The van der Waals surface area contributed by atoms with Crippen molar-refractivity contribution >= 4 is 22.3 Å². The summed E-state index contributed by atoms with van der Waals surface area (Å²) in [6.45, 7) is 5.02. The Kier molecular flexibility index (Phi) is 3.85. The molecule has 0 aromatic carbocycles. The number of ether oxygens (including phenoxy) is 1. The van der Waals surface area contributed by atoms with Crippen molar-refractivity contribution in [3.8, 4) is 0 Å². The predicted molar refractivity (Wildman–Crippen MR) is 60.2 cm³/mol. The van der Waals surface area contributed by atoms with Crippen LogP contribution in [0.5, 0.6) is 0 Å². The van der Waals surface area contributed by atoms with E-state index in [4.69, 9.17) is 4.74 Å². The van der Waals surface area contributed by atoms with Gasteiger partial charge < -0.3 is 4.74 Å². The van der Waals surface area contributed by atoms with Gasteiger partial charge in [-0.15, -0.1) is 3.89 Å². The standard InChI is InChI=1S/C9H12FN3O4S/c1-9(2,3)17-8(14)13-7-11-4-6(5-12-7)18(10,15)16/h4-5H,1-3H3,(H,11,12,13,14). The average Bonchev–Trinajstić information content (AvgIpc) is 2.13. The summed E-state index contributed by atoms with van der Waals surface area (Å²) in [7, 11) is -4.85. The summed E-state index contributed by atoms with van der Waals surface area (Å²) in [5.74, 6) is -0.184. The van der Waals surface area contributed by atoms with Crippen molar-refractivity contribution in [3.05, 3.63) is 12.4 Å². The molecule has 1 aromatic rings. The van der Waals surface area contributed by atoms with Crippen LogP contribution >= 0.6 is 0 Å². The zero-order valence-electron chi connectivity index (χ0n) is 9.97. The Morgan fingerprint density at radius 3 is 2.22 bits per heavy atom. The van der Waals surface area contributed by atoms with E-state index in [0.717, 1.165) is 12.4 Å². The van der Waals surface area contributed by atoms with E-state index >= 15 is 0 Å². The first-order valence-corrected chi connectivity index (χ1v) is 6.23. The second-order valence-electron chi connectivity index (χ2n) is 4.31. The maximum Gasteiger partial charge on any atom is 0.414 e. The maximum absolute atomic E-state index is 12.5. The minimum atomic E-state index is -4.85. The number of aromatic nitrogens is 2. The lowest BCUT2D eigenvalue weighted by Gasteiger charge is -2.19. The Morgan fingerprint density at radius 1 is 1.33 bits per heavy atom. The summed E-state index contributed by atoms with van der Waals surface area (Å²) in [5.41, 5.74) is -0.688. The van der Waals surface area contributed by atoms with Crippen LogP contribution in [0.1, 0.15) is 20.8 Å². The van der Waals surface area contributed by atoms with Gasteiger partial charge in [0.15, 0.2) is 0 Å². The molecule has 0 saturated heterocycles. The Morgan fingerprint density at radius 2 is 1.83 bits per heavy atom. The second kappa shape index (κ2) is 4.84. The molecule has 0 aliphatic carbocycles. The first-order valence-electron chi connectivity index (χ1n) is 4.85. The van der Waals surface area contributed by atoms with Crippen LogP contribution in [0.25, 0.3) is 0 Å². The molecule has 0 aliphatic rings. The quantitative estimate of drug-likeness (QED) is 0.822. The minimum absolute atomic E-state index is 0.184. The smallest absolute Gasteiger partial charge is 0.414 e. The van der Waals surface area contributed by atoms with Crippen LogP contribution in [0, 0.1) is 0 Å². The van der Waals surface area contributed by atoms with Gasteiger partial charge in [0.2, 0.25) is 5.95 Å². The summed E-state index contributed by atoms with van der Waals surface area (Å²) in [4.78, 5) is 17.6. The van der Waals surface area contributed by atoms with Gasteiger partial charge in [-0.3, -0.25) is 5.32 Å². The average molecular weight is 277 g/mol. The lowest BCUT2D eigenvalue weighted by Crippen LogP contribution is -2.27. The number of halogens is 1. The zero-order valence-corrected chi connectivity index (χ0v) is 10.8. The van der Waals surface area contributed by atoms with Crippen molar-refractivity contribution < 1.29 is 21.8 Å². The fourth-order valence-corrected chi connectivity index (χ4v) is 1.26. The van der Waals surface area contributed by atoms with Crippen molar-refractivity contribution in [2.24, 2.45) is 0 Å². The summed E-state index contributed by atoms with van der Waals surface area (Å²) < 4.78 is 38.4. The molecule has 1 aromatic heterocycles. The largest absolute Gasteiger partial charge is 0.444 e. The van der Waals surface area contributed by atoms with Crippen molar-refractivity contribution in [2.45, 2.75) is 31.3 Å². The van der Waals surface area contributed by atoms with Crippen molar-refractivity contribution in [1.29, 1.82) is 0 Å². The zero-order chi connectivity index (χ0) is 14.0. The van der Waals surface area contributed by atoms with Gasteiger partial charge in [-0.1, -0.05) is 0 Å². The predicted octanol–water partition coefficient (Wildman–Crippen LogP) is 1.48. The molecule has 1 heterocycles. The van der Waals surface area contributed by atoms with E-state index < -0.39 is 26.8 Å². The number of hydrogen-bond donors (Lipinski definition) is 1. The van der Waals surface area contributed by atoms with Gasteiger partial charge in [-0.2, -0.15) is 8.42 Å². The van der Waals surface area contributed by atoms with Crippen LogP contribution in [-0.2, 0) is 15.0 Å². The van der Waals surface area contributed by atoms with Gasteiger partial charge in [-0.05, 0) is 20.8 Å². The van der Waals surface area contributed by atoms with E-state index in [1.165, 1.54) is 0 Å². The van der Waals surface area contributed by atoms with Crippen LogP contribution in [-0.4, -0.2) is 30.1 Å². The van der Waals surface area contributed by atoms with E-state index in [0.29, 0.717) is 0 Å². The van der Waals surface area contributed by atoms with E-state index in [1.54, 1.807) is 20.8 Å². The van der Waals surface area contributed by atoms with Gasteiger partial charge in [0.05, 0.1) is 12.4 Å². The second-order valence-corrected chi connectivity index (χ2v) is 5.65. The van der Waals surface area contributed by atoms with Gasteiger partial charge in [0, 0.05) is 0 Å². The Bertz CT molecular complexity index is 536. The first kappa shape index (κ1) is 14.3. The van der Waals surface area contributed by atoms with Crippen LogP contribution < -0.4 is 5.32 Å². The fraction of sp³-hybridized carbons (Fsp3) is 0.444. The third-order valence-corrected chi connectivity index (χ3v) is 2.30. The van der Waals surface area contributed by atoms with Crippen LogP contribution in [0.3, 0.4) is 0 Å². The van der Waals surface area contributed by atoms with E-state index in [2.05, 4.69) is 15.3 Å². The summed E-state index contributed by atoms with van der Waals surface area (Å²) in [6.07, 6.45) is 0.697. The third-order valence-electron chi connectivity index (χ3n) is 1.52. The van der Waals surface area contributed by atoms with Gasteiger partial charge in [0.1, 0.15) is 10.5 Å². The van der Waals surface area contributed by atoms with Crippen LogP contribution in [0.4, 0.5) is 14.6 Å². The van der Waals surface area contributed by atoms with E-state index in [-0.39, 0.29) is 5.95 Å². The van der Waals surface area contributed by atoms with Gasteiger partial charge in [0.25, 0.3) is 0 Å². The molecule has 9 heteroatoms. The van der Waals surface area contributed by atoms with Crippen LogP contribution in [0.15, 0.2) is 17.3 Å². The fourth-order valence-electron chi connectivity index (χ4n) is 0.902. The highest BCUT2D eigenvalue weighted by Gasteiger charge is 2.18.